The third kappa shape index (κ3) is 4.63. The second kappa shape index (κ2) is 8.05. The van der Waals surface area contributed by atoms with Crippen molar-refractivity contribution in [1.82, 2.24) is 9.97 Å². The normalized spacial score (nSPS) is 10.9. The Morgan fingerprint density at radius 1 is 1.10 bits per heavy atom. The van der Waals surface area contributed by atoms with Crippen LogP contribution < -0.4 is 10.1 Å². The molecule has 7 heteroatoms. The number of nitrogens with one attached hydrogen (secondary N) is 1. The molecule has 0 saturated heterocycles. The molecular weight excluding hydrogens is 434 g/mol. The zero-order valence-corrected chi connectivity index (χ0v) is 17.5. The number of benzene rings is 2. The van der Waals surface area contributed by atoms with Crippen LogP contribution >= 0.6 is 15.9 Å². The maximum Gasteiger partial charge on any atom is 0.262 e. The molecule has 29 heavy (non-hydrogen) atoms. The minimum atomic E-state index is -0.247. The number of ether oxygens (including phenoxy) is 1. The molecule has 2 heterocycles. The summed E-state index contributed by atoms with van der Waals surface area (Å²) >= 11 is 3.39. The Labute approximate surface area is 176 Å². The van der Waals surface area contributed by atoms with Gasteiger partial charge in [0.05, 0.1) is 5.56 Å². The Bertz CT molecular complexity index is 1180. The fraction of sp³-hybridized carbons (Fsp3) is 0.136. The first-order valence-electron chi connectivity index (χ1n) is 8.99. The van der Waals surface area contributed by atoms with Crippen LogP contribution in [0.5, 0.6) is 5.75 Å². The average Bonchev–Trinajstić information content (AvgIpc) is 3.09. The summed E-state index contributed by atoms with van der Waals surface area (Å²) in [5.74, 6) is 0.899. The van der Waals surface area contributed by atoms with Gasteiger partial charge in [-0.15, -0.1) is 0 Å². The quantitative estimate of drug-likeness (QED) is 0.446. The van der Waals surface area contributed by atoms with Gasteiger partial charge in [0.1, 0.15) is 11.3 Å². The molecule has 4 rings (SSSR count). The number of aromatic nitrogens is 2. The molecule has 0 aliphatic carbocycles. The number of anilines is 1. The van der Waals surface area contributed by atoms with E-state index in [9.17, 15) is 4.79 Å². The predicted octanol–water partition coefficient (Wildman–Crippen LogP) is 5.29. The number of aryl methyl sites for hydroxylation is 2. The van der Waals surface area contributed by atoms with Crippen LogP contribution in [0.4, 0.5) is 5.69 Å². The van der Waals surface area contributed by atoms with Gasteiger partial charge < -0.3 is 14.5 Å². The molecule has 146 valence electrons. The summed E-state index contributed by atoms with van der Waals surface area (Å²) in [4.78, 5) is 20.9. The monoisotopic (exact) mass is 451 g/mol. The van der Waals surface area contributed by atoms with Crippen LogP contribution in [0.2, 0.25) is 0 Å². The van der Waals surface area contributed by atoms with Crippen molar-refractivity contribution in [3.63, 3.8) is 0 Å². The van der Waals surface area contributed by atoms with Crippen LogP contribution in [0.1, 0.15) is 11.1 Å². The van der Waals surface area contributed by atoms with Gasteiger partial charge in [0.25, 0.3) is 5.91 Å². The molecule has 0 aliphatic heterocycles. The van der Waals surface area contributed by atoms with Gasteiger partial charge in [-0.25, -0.2) is 4.98 Å². The van der Waals surface area contributed by atoms with Gasteiger partial charge >= 0.3 is 0 Å². The minimum absolute atomic E-state index is 0.0747. The Kier molecular flexibility index (Phi) is 5.31. The summed E-state index contributed by atoms with van der Waals surface area (Å²) in [5, 5.41) is 2.83. The molecule has 2 aromatic heterocycles. The van der Waals surface area contributed by atoms with Crippen molar-refractivity contribution in [3.8, 4) is 17.2 Å². The molecule has 1 N–H and O–H groups in total. The number of carbonyl (C=O) groups excluding carboxylic acids is 1. The van der Waals surface area contributed by atoms with Crippen molar-refractivity contribution in [2.45, 2.75) is 13.8 Å². The molecule has 0 bridgehead atoms. The molecule has 0 spiro atoms. The minimum Gasteiger partial charge on any atom is -0.484 e. The number of hydrogen-bond acceptors (Lipinski definition) is 5. The lowest BCUT2D eigenvalue weighted by Gasteiger charge is -2.09. The van der Waals surface area contributed by atoms with Crippen molar-refractivity contribution in [2.75, 3.05) is 11.9 Å². The molecule has 0 saturated carbocycles. The fourth-order valence-electron chi connectivity index (χ4n) is 3.02. The first kappa shape index (κ1) is 19.1. The van der Waals surface area contributed by atoms with E-state index in [1.807, 2.05) is 32.0 Å². The van der Waals surface area contributed by atoms with Gasteiger partial charge in [-0.3, -0.25) is 9.78 Å². The smallest absolute Gasteiger partial charge is 0.262 e. The second-order valence-corrected chi connectivity index (χ2v) is 7.67. The maximum absolute atomic E-state index is 12.3. The van der Waals surface area contributed by atoms with Crippen molar-refractivity contribution >= 4 is 38.6 Å². The van der Waals surface area contributed by atoms with E-state index in [0.29, 0.717) is 28.4 Å². The molecule has 0 aliphatic rings. The predicted molar refractivity (Wildman–Crippen MR) is 115 cm³/mol. The van der Waals surface area contributed by atoms with E-state index in [1.165, 1.54) is 0 Å². The summed E-state index contributed by atoms with van der Waals surface area (Å²) in [6, 6.07) is 13.1. The number of nitrogens with zero attached hydrogens (tertiary/aromatic N) is 2. The Hall–Kier alpha value is -3.19. The SMILES string of the molecule is Cc1cc(C)cc(OCC(=O)Nc2ccc3oc(-c4cncc(Br)c4)nc3c2)c1. The van der Waals surface area contributed by atoms with Gasteiger partial charge in [-0.05, 0) is 77.3 Å². The van der Waals surface area contributed by atoms with E-state index in [-0.39, 0.29) is 12.5 Å². The number of pyridine rings is 1. The number of hydrogen-bond donors (Lipinski definition) is 1. The van der Waals surface area contributed by atoms with E-state index in [2.05, 4.69) is 37.3 Å². The number of halogens is 1. The highest BCUT2D eigenvalue weighted by molar-refractivity contribution is 9.10. The molecular formula is C22H18BrN3O3. The summed E-state index contributed by atoms with van der Waals surface area (Å²) in [7, 11) is 0. The van der Waals surface area contributed by atoms with Crippen molar-refractivity contribution in [2.24, 2.45) is 0 Å². The lowest BCUT2D eigenvalue weighted by Crippen LogP contribution is -2.20. The number of oxazole rings is 1. The number of carbonyl (C=O) groups is 1. The zero-order chi connectivity index (χ0) is 20.4. The topological polar surface area (TPSA) is 77.2 Å². The molecule has 4 aromatic rings. The standard InChI is InChI=1S/C22H18BrN3O3/c1-13-5-14(2)7-18(6-13)28-12-21(27)25-17-3-4-20-19(9-17)26-22(29-20)15-8-16(23)11-24-10-15/h3-11H,12H2,1-2H3,(H,25,27). The molecule has 6 nitrogen and oxygen atoms in total. The van der Waals surface area contributed by atoms with Crippen LogP contribution in [0.3, 0.4) is 0 Å². The highest BCUT2D eigenvalue weighted by Gasteiger charge is 2.11. The van der Waals surface area contributed by atoms with Crippen LogP contribution in [-0.4, -0.2) is 22.5 Å². The Morgan fingerprint density at radius 2 is 1.90 bits per heavy atom. The van der Waals surface area contributed by atoms with Crippen molar-refractivity contribution in [1.29, 1.82) is 0 Å². The van der Waals surface area contributed by atoms with Gasteiger partial charge in [0.15, 0.2) is 12.2 Å². The lowest BCUT2D eigenvalue weighted by molar-refractivity contribution is -0.118. The van der Waals surface area contributed by atoms with E-state index < -0.39 is 0 Å². The highest BCUT2D eigenvalue weighted by Crippen LogP contribution is 2.27. The molecule has 0 radical (unpaired) electrons. The van der Waals surface area contributed by atoms with Crippen LogP contribution in [-0.2, 0) is 4.79 Å². The molecule has 0 fully saturated rings. The third-order valence-corrected chi connectivity index (χ3v) is 4.62. The first-order chi connectivity index (χ1) is 14.0. The molecule has 0 atom stereocenters. The van der Waals surface area contributed by atoms with Gasteiger partial charge in [-0.1, -0.05) is 6.07 Å². The molecule has 2 aromatic carbocycles. The van der Waals surface area contributed by atoms with Crippen molar-refractivity contribution < 1.29 is 13.9 Å². The van der Waals surface area contributed by atoms with E-state index in [1.54, 1.807) is 30.6 Å². The van der Waals surface area contributed by atoms with Gasteiger partial charge in [-0.2, -0.15) is 0 Å². The largest absolute Gasteiger partial charge is 0.484 e. The van der Waals surface area contributed by atoms with Crippen LogP contribution in [0, 0.1) is 13.8 Å². The molecule has 0 unspecified atom stereocenters. The average molecular weight is 452 g/mol. The van der Waals surface area contributed by atoms with Crippen molar-refractivity contribution in [3.05, 3.63) is 70.5 Å². The van der Waals surface area contributed by atoms with E-state index in [0.717, 1.165) is 21.2 Å². The summed E-state index contributed by atoms with van der Waals surface area (Å²) < 4.78 is 12.2. The van der Waals surface area contributed by atoms with Gasteiger partial charge in [0, 0.05) is 22.6 Å². The summed E-state index contributed by atoms with van der Waals surface area (Å²) in [5.41, 5.74) is 4.85. The van der Waals surface area contributed by atoms with Crippen LogP contribution in [0.15, 0.2) is 63.7 Å². The maximum atomic E-state index is 12.3. The second-order valence-electron chi connectivity index (χ2n) is 6.75. The zero-order valence-electron chi connectivity index (χ0n) is 15.9. The lowest BCUT2D eigenvalue weighted by atomic mass is 10.1. The number of amides is 1. The Morgan fingerprint density at radius 3 is 2.66 bits per heavy atom. The first-order valence-corrected chi connectivity index (χ1v) is 9.78. The summed E-state index contributed by atoms with van der Waals surface area (Å²) in [6.07, 6.45) is 3.38. The van der Waals surface area contributed by atoms with E-state index in [4.69, 9.17) is 9.15 Å². The van der Waals surface area contributed by atoms with E-state index >= 15 is 0 Å². The highest BCUT2D eigenvalue weighted by atomic mass is 79.9. The van der Waals surface area contributed by atoms with Crippen LogP contribution in [0.25, 0.3) is 22.6 Å². The number of fused-ring (bicyclic) bond motifs is 1. The summed E-state index contributed by atoms with van der Waals surface area (Å²) in [6.45, 7) is 3.91. The Balaban J connectivity index is 1.45. The third-order valence-electron chi connectivity index (χ3n) is 4.19. The fourth-order valence-corrected chi connectivity index (χ4v) is 3.38. The van der Waals surface area contributed by atoms with Gasteiger partial charge in [0.2, 0.25) is 5.89 Å². The molecule has 1 amide bonds. The number of rotatable bonds is 5.